The topological polar surface area (TPSA) is 69.9 Å². The Morgan fingerprint density at radius 3 is 2.41 bits per heavy atom. The van der Waals surface area contributed by atoms with E-state index in [0.717, 1.165) is 33.5 Å². The van der Waals surface area contributed by atoms with Crippen molar-refractivity contribution in [2.75, 3.05) is 0 Å². The molecule has 0 saturated heterocycles. The van der Waals surface area contributed by atoms with Crippen molar-refractivity contribution in [3.05, 3.63) is 72.9 Å². The van der Waals surface area contributed by atoms with Gasteiger partial charge in [-0.3, -0.25) is 14.3 Å². The highest BCUT2D eigenvalue weighted by molar-refractivity contribution is 5.91. The third-order valence-corrected chi connectivity index (χ3v) is 5.35. The average Bonchev–Trinajstić information content (AvgIpc) is 3.17. The van der Waals surface area contributed by atoms with E-state index >= 15 is 0 Å². The summed E-state index contributed by atoms with van der Waals surface area (Å²) in [5.41, 5.74) is 3.90. The number of ether oxygens (including phenoxy) is 1. The molecule has 0 bridgehead atoms. The van der Waals surface area contributed by atoms with Gasteiger partial charge in [-0.2, -0.15) is 0 Å². The molecule has 4 rings (SSSR count). The second-order valence-electron chi connectivity index (χ2n) is 9.58. The predicted molar refractivity (Wildman–Crippen MR) is 126 cm³/mol. The first-order valence-corrected chi connectivity index (χ1v) is 10.7. The molecule has 3 heterocycles. The Balaban J connectivity index is 1.62. The molecule has 0 aliphatic heterocycles. The number of benzene rings is 1. The van der Waals surface area contributed by atoms with Crippen molar-refractivity contribution in [1.29, 1.82) is 0 Å². The van der Waals surface area contributed by atoms with Gasteiger partial charge in [-0.25, -0.2) is 9.97 Å². The van der Waals surface area contributed by atoms with Crippen LogP contribution in [0.5, 0.6) is 0 Å². The molecule has 6 heteroatoms. The SMILES string of the molecule is CC(C)(C)OC(=O)CC(C)(C)c1ccc(-c2ncnc3c2ccn3-c2cccnc2)cc1. The molecule has 0 aliphatic rings. The summed E-state index contributed by atoms with van der Waals surface area (Å²) in [6, 6.07) is 14.1. The zero-order chi connectivity index (χ0) is 22.9. The van der Waals surface area contributed by atoms with Gasteiger partial charge in [0, 0.05) is 28.8 Å². The number of carbonyl (C=O) groups excluding carboxylic acids is 1. The molecule has 1 aromatic carbocycles. The Morgan fingerprint density at radius 2 is 1.75 bits per heavy atom. The van der Waals surface area contributed by atoms with E-state index in [0.29, 0.717) is 6.42 Å². The Morgan fingerprint density at radius 1 is 1.00 bits per heavy atom. The largest absolute Gasteiger partial charge is 0.460 e. The summed E-state index contributed by atoms with van der Waals surface area (Å²) >= 11 is 0. The molecule has 4 aromatic rings. The molecule has 0 aliphatic carbocycles. The number of hydrogen-bond acceptors (Lipinski definition) is 5. The minimum Gasteiger partial charge on any atom is -0.460 e. The van der Waals surface area contributed by atoms with E-state index in [1.807, 2.05) is 55.9 Å². The first-order valence-electron chi connectivity index (χ1n) is 10.7. The number of fused-ring (bicyclic) bond motifs is 1. The summed E-state index contributed by atoms with van der Waals surface area (Å²) in [5.74, 6) is -0.194. The minimum atomic E-state index is -0.484. The summed E-state index contributed by atoms with van der Waals surface area (Å²) in [7, 11) is 0. The van der Waals surface area contributed by atoms with E-state index in [1.54, 1.807) is 12.5 Å². The van der Waals surface area contributed by atoms with E-state index in [4.69, 9.17) is 4.74 Å². The summed E-state index contributed by atoms with van der Waals surface area (Å²) in [4.78, 5) is 25.6. The molecular formula is C26H28N4O2. The third kappa shape index (κ3) is 4.54. The molecule has 6 nitrogen and oxygen atoms in total. The van der Waals surface area contributed by atoms with Crippen LogP contribution in [0.2, 0.25) is 0 Å². The number of pyridine rings is 1. The van der Waals surface area contributed by atoms with Crippen LogP contribution < -0.4 is 0 Å². The number of nitrogens with zero attached hydrogens (tertiary/aromatic N) is 4. The summed E-state index contributed by atoms with van der Waals surface area (Å²) in [6.07, 6.45) is 7.45. The standard InChI is InChI=1S/C26H28N4O2/c1-25(2,3)32-22(31)15-26(4,5)19-10-8-18(9-11-19)23-21-12-14-30(24(21)29-17-28-23)20-7-6-13-27-16-20/h6-14,16-17H,15H2,1-5H3. The van der Waals surface area contributed by atoms with Gasteiger partial charge in [-0.1, -0.05) is 38.1 Å². The van der Waals surface area contributed by atoms with Gasteiger partial charge in [0.2, 0.25) is 0 Å². The maximum absolute atomic E-state index is 12.4. The molecule has 0 radical (unpaired) electrons. The van der Waals surface area contributed by atoms with Crippen LogP contribution in [0.25, 0.3) is 28.0 Å². The molecule has 0 amide bonds. The van der Waals surface area contributed by atoms with E-state index in [9.17, 15) is 4.79 Å². The van der Waals surface area contributed by atoms with Crippen LogP contribution in [-0.4, -0.2) is 31.1 Å². The van der Waals surface area contributed by atoms with Gasteiger partial charge in [-0.15, -0.1) is 0 Å². The Bertz CT molecular complexity index is 1240. The van der Waals surface area contributed by atoms with Crippen LogP contribution in [0.15, 0.2) is 67.4 Å². The maximum atomic E-state index is 12.4. The van der Waals surface area contributed by atoms with Gasteiger partial charge < -0.3 is 4.74 Å². The van der Waals surface area contributed by atoms with Crippen LogP contribution in [0.1, 0.15) is 46.6 Å². The molecule has 164 valence electrons. The molecular weight excluding hydrogens is 400 g/mol. The highest BCUT2D eigenvalue weighted by atomic mass is 16.6. The molecule has 0 N–H and O–H groups in total. The highest BCUT2D eigenvalue weighted by Gasteiger charge is 2.27. The molecule has 0 unspecified atom stereocenters. The van der Waals surface area contributed by atoms with Crippen molar-refractivity contribution >= 4 is 17.0 Å². The van der Waals surface area contributed by atoms with Crippen molar-refractivity contribution in [3.8, 4) is 16.9 Å². The number of hydrogen-bond donors (Lipinski definition) is 0. The van der Waals surface area contributed by atoms with Gasteiger partial charge in [-0.05, 0) is 44.5 Å². The van der Waals surface area contributed by atoms with E-state index < -0.39 is 5.60 Å². The quantitative estimate of drug-likeness (QED) is 0.393. The molecule has 0 spiro atoms. The lowest BCUT2D eigenvalue weighted by atomic mass is 9.81. The second-order valence-corrected chi connectivity index (χ2v) is 9.58. The molecule has 0 saturated carbocycles. The van der Waals surface area contributed by atoms with Gasteiger partial charge in [0.1, 0.15) is 17.6 Å². The Kier molecular flexibility index (Phi) is 5.55. The van der Waals surface area contributed by atoms with Gasteiger partial charge >= 0.3 is 5.97 Å². The summed E-state index contributed by atoms with van der Waals surface area (Å²) in [6.45, 7) is 9.77. The van der Waals surface area contributed by atoms with E-state index in [2.05, 4.69) is 53.1 Å². The lowest BCUT2D eigenvalue weighted by Gasteiger charge is -2.27. The summed E-state index contributed by atoms with van der Waals surface area (Å²) in [5, 5.41) is 0.970. The lowest BCUT2D eigenvalue weighted by molar-refractivity contribution is -0.156. The first-order chi connectivity index (χ1) is 15.1. The Labute approximate surface area is 188 Å². The van der Waals surface area contributed by atoms with E-state index in [-0.39, 0.29) is 11.4 Å². The first kappa shape index (κ1) is 21.7. The summed E-state index contributed by atoms with van der Waals surface area (Å²) < 4.78 is 7.52. The van der Waals surface area contributed by atoms with Crippen molar-refractivity contribution < 1.29 is 9.53 Å². The Hall–Kier alpha value is -3.54. The van der Waals surface area contributed by atoms with Crippen LogP contribution >= 0.6 is 0 Å². The van der Waals surface area contributed by atoms with Crippen LogP contribution in [-0.2, 0) is 14.9 Å². The van der Waals surface area contributed by atoms with Gasteiger partial charge in [0.05, 0.1) is 24.0 Å². The molecule has 0 atom stereocenters. The fraction of sp³-hybridized carbons (Fsp3) is 0.308. The van der Waals surface area contributed by atoms with Crippen molar-refractivity contribution in [1.82, 2.24) is 19.5 Å². The highest BCUT2D eigenvalue weighted by Crippen LogP contribution is 2.32. The van der Waals surface area contributed by atoms with Crippen LogP contribution in [0.3, 0.4) is 0 Å². The normalized spacial score (nSPS) is 12.2. The fourth-order valence-corrected chi connectivity index (χ4v) is 3.81. The van der Waals surface area contributed by atoms with Crippen LogP contribution in [0.4, 0.5) is 0 Å². The van der Waals surface area contributed by atoms with Crippen molar-refractivity contribution in [2.24, 2.45) is 0 Å². The number of carbonyl (C=O) groups is 1. The van der Waals surface area contributed by atoms with Gasteiger partial charge in [0.15, 0.2) is 0 Å². The predicted octanol–water partition coefficient (Wildman–Crippen LogP) is 5.49. The second kappa shape index (κ2) is 8.19. The monoisotopic (exact) mass is 428 g/mol. The number of aromatic nitrogens is 4. The smallest absolute Gasteiger partial charge is 0.307 e. The van der Waals surface area contributed by atoms with E-state index in [1.165, 1.54) is 0 Å². The lowest BCUT2D eigenvalue weighted by Crippen LogP contribution is -2.29. The molecule has 3 aromatic heterocycles. The number of rotatable bonds is 5. The zero-order valence-electron chi connectivity index (χ0n) is 19.2. The van der Waals surface area contributed by atoms with Crippen molar-refractivity contribution in [3.63, 3.8) is 0 Å². The average molecular weight is 429 g/mol. The van der Waals surface area contributed by atoms with Crippen molar-refractivity contribution in [2.45, 2.75) is 52.1 Å². The minimum absolute atomic E-state index is 0.194. The number of esters is 1. The van der Waals surface area contributed by atoms with Gasteiger partial charge in [0.25, 0.3) is 0 Å². The molecule has 0 fully saturated rings. The fourth-order valence-electron chi connectivity index (χ4n) is 3.81. The molecule has 32 heavy (non-hydrogen) atoms. The maximum Gasteiger partial charge on any atom is 0.307 e. The van der Waals surface area contributed by atoms with Crippen LogP contribution in [0, 0.1) is 0 Å². The third-order valence-electron chi connectivity index (χ3n) is 5.35. The zero-order valence-corrected chi connectivity index (χ0v) is 19.2.